The summed E-state index contributed by atoms with van der Waals surface area (Å²) in [4.78, 5) is 3.31. The standard InChI is InChI=1S/C22H29N3O2/c1-15-6-9-22(21(26)11-15)27-14-16(2)24-10-4-3-5-17-13-25-20-8-7-18(23)12-19(17)20/h6-9,11-13,16,24-26H,3-5,10,14,23H2,1-2H3. The number of ether oxygens (including phenoxy) is 1. The minimum atomic E-state index is 0.196. The number of anilines is 1. The Morgan fingerprint density at radius 1 is 1.19 bits per heavy atom. The van der Waals surface area contributed by atoms with Crippen molar-refractivity contribution in [3.05, 3.63) is 53.7 Å². The van der Waals surface area contributed by atoms with Gasteiger partial charge in [-0.15, -0.1) is 0 Å². The molecule has 0 saturated heterocycles. The molecule has 144 valence electrons. The Balaban J connectivity index is 1.36. The number of hydrogen-bond donors (Lipinski definition) is 4. The second-order valence-electron chi connectivity index (χ2n) is 7.21. The van der Waals surface area contributed by atoms with Crippen LogP contribution in [0.2, 0.25) is 0 Å². The third kappa shape index (κ3) is 5.17. The van der Waals surface area contributed by atoms with Gasteiger partial charge in [-0.2, -0.15) is 0 Å². The van der Waals surface area contributed by atoms with Crippen molar-refractivity contribution in [1.82, 2.24) is 10.3 Å². The quantitative estimate of drug-likeness (QED) is 0.338. The van der Waals surface area contributed by atoms with E-state index in [0.717, 1.165) is 42.6 Å². The van der Waals surface area contributed by atoms with Gasteiger partial charge in [0.25, 0.3) is 0 Å². The number of unbranched alkanes of at least 4 members (excludes halogenated alkanes) is 1. The zero-order valence-corrected chi connectivity index (χ0v) is 16.1. The van der Waals surface area contributed by atoms with Gasteiger partial charge in [-0.05, 0) is 81.1 Å². The molecule has 1 heterocycles. The van der Waals surface area contributed by atoms with E-state index in [2.05, 4.69) is 23.4 Å². The lowest BCUT2D eigenvalue weighted by Crippen LogP contribution is -2.32. The lowest BCUT2D eigenvalue weighted by atomic mass is 10.1. The molecular formula is C22H29N3O2. The average Bonchev–Trinajstić information content (AvgIpc) is 3.03. The van der Waals surface area contributed by atoms with Gasteiger partial charge >= 0.3 is 0 Å². The van der Waals surface area contributed by atoms with Gasteiger partial charge in [-0.1, -0.05) is 6.07 Å². The molecule has 0 saturated carbocycles. The van der Waals surface area contributed by atoms with Crippen molar-refractivity contribution < 1.29 is 9.84 Å². The van der Waals surface area contributed by atoms with E-state index in [0.29, 0.717) is 12.4 Å². The number of aromatic amines is 1. The van der Waals surface area contributed by atoms with Crippen molar-refractivity contribution in [2.24, 2.45) is 0 Å². The van der Waals surface area contributed by atoms with Gasteiger partial charge in [0, 0.05) is 28.8 Å². The van der Waals surface area contributed by atoms with Crippen molar-refractivity contribution in [1.29, 1.82) is 0 Å². The molecule has 0 spiro atoms. The van der Waals surface area contributed by atoms with Crippen LogP contribution in [0.1, 0.15) is 30.9 Å². The minimum absolute atomic E-state index is 0.196. The molecule has 1 unspecified atom stereocenters. The van der Waals surface area contributed by atoms with Gasteiger partial charge < -0.3 is 25.9 Å². The van der Waals surface area contributed by atoms with Crippen LogP contribution in [0.5, 0.6) is 11.5 Å². The molecule has 5 nitrogen and oxygen atoms in total. The molecule has 2 aromatic carbocycles. The summed E-state index contributed by atoms with van der Waals surface area (Å²) in [6.07, 6.45) is 5.32. The largest absolute Gasteiger partial charge is 0.504 e. The highest BCUT2D eigenvalue weighted by atomic mass is 16.5. The van der Waals surface area contributed by atoms with Gasteiger partial charge in [0.1, 0.15) is 6.61 Å². The van der Waals surface area contributed by atoms with Gasteiger partial charge in [-0.3, -0.25) is 0 Å². The van der Waals surface area contributed by atoms with Crippen molar-refractivity contribution in [2.75, 3.05) is 18.9 Å². The van der Waals surface area contributed by atoms with E-state index >= 15 is 0 Å². The minimum Gasteiger partial charge on any atom is -0.504 e. The molecule has 0 aliphatic heterocycles. The van der Waals surface area contributed by atoms with Gasteiger partial charge in [0.05, 0.1) is 0 Å². The highest BCUT2D eigenvalue weighted by molar-refractivity contribution is 5.86. The number of nitrogen functional groups attached to an aromatic ring is 1. The summed E-state index contributed by atoms with van der Waals surface area (Å²) in [6, 6.07) is 11.7. The summed E-state index contributed by atoms with van der Waals surface area (Å²) in [5.74, 6) is 0.731. The number of aromatic hydroxyl groups is 1. The summed E-state index contributed by atoms with van der Waals surface area (Å²) in [7, 11) is 0. The molecule has 0 radical (unpaired) electrons. The fourth-order valence-corrected chi connectivity index (χ4v) is 3.21. The monoisotopic (exact) mass is 367 g/mol. The molecule has 0 aliphatic carbocycles. The Kier molecular flexibility index (Phi) is 6.24. The van der Waals surface area contributed by atoms with Gasteiger partial charge in [0.15, 0.2) is 11.5 Å². The summed E-state index contributed by atoms with van der Waals surface area (Å²) in [6.45, 7) is 5.50. The van der Waals surface area contributed by atoms with E-state index in [9.17, 15) is 5.11 Å². The molecule has 0 fully saturated rings. The normalized spacial score (nSPS) is 12.4. The molecule has 0 aliphatic rings. The maximum atomic E-state index is 9.88. The second-order valence-corrected chi connectivity index (χ2v) is 7.21. The summed E-state index contributed by atoms with van der Waals surface area (Å²) >= 11 is 0. The third-order valence-electron chi connectivity index (χ3n) is 4.76. The van der Waals surface area contributed by atoms with E-state index in [1.165, 1.54) is 10.9 Å². The number of H-pyrrole nitrogens is 1. The van der Waals surface area contributed by atoms with E-state index < -0.39 is 0 Å². The summed E-state index contributed by atoms with van der Waals surface area (Å²) in [5.41, 5.74) is 10.2. The maximum Gasteiger partial charge on any atom is 0.161 e. The molecule has 27 heavy (non-hydrogen) atoms. The highest BCUT2D eigenvalue weighted by Crippen LogP contribution is 2.26. The number of nitrogens with two attached hydrogens (primary N) is 1. The zero-order chi connectivity index (χ0) is 19.2. The number of aryl methyl sites for hydroxylation is 2. The van der Waals surface area contributed by atoms with Crippen LogP contribution in [-0.2, 0) is 6.42 Å². The van der Waals surface area contributed by atoms with Crippen molar-refractivity contribution in [3.63, 3.8) is 0 Å². The van der Waals surface area contributed by atoms with Crippen molar-refractivity contribution >= 4 is 16.6 Å². The molecule has 5 heteroatoms. The smallest absolute Gasteiger partial charge is 0.161 e. The number of benzene rings is 2. The maximum absolute atomic E-state index is 9.88. The SMILES string of the molecule is Cc1ccc(OCC(C)NCCCCc2c[nH]c3ccc(N)cc23)c(O)c1. The molecule has 1 aromatic heterocycles. The van der Waals surface area contributed by atoms with E-state index in [4.69, 9.17) is 10.5 Å². The molecule has 1 atom stereocenters. The number of fused-ring (bicyclic) bond motifs is 1. The fraction of sp³-hybridized carbons (Fsp3) is 0.364. The molecular weight excluding hydrogens is 338 g/mol. The van der Waals surface area contributed by atoms with Crippen LogP contribution in [0.25, 0.3) is 10.9 Å². The van der Waals surface area contributed by atoms with Crippen LogP contribution in [0.15, 0.2) is 42.6 Å². The number of nitrogens with one attached hydrogen (secondary N) is 2. The lowest BCUT2D eigenvalue weighted by Gasteiger charge is -2.15. The lowest BCUT2D eigenvalue weighted by molar-refractivity contribution is 0.261. The fourth-order valence-electron chi connectivity index (χ4n) is 3.21. The Morgan fingerprint density at radius 2 is 2.04 bits per heavy atom. The topological polar surface area (TPSA) is 83.3 Å². The molecule has 3 aromatic rings. The first-order valence-corrected chi connectivity index (χ1v) is 9.54. The van der Waals surface area contributed by atoms with E-state index in [-0.39, 0.29) is 11.8 Å². The Hall–Kier alpha value is -2.66. The first kappa shape index (κ1) is 19.1. The van der Waals surface area contributed by atoms with Crippen molar-refractivity contribution in [2.45, 2.75) is 39.2 Å². The van der Waals surface area contributed by atoms with Gasteiger partial charge in [0.2, 0.25) is 0 Å². The predicted molar refractivity (Wildman–Crippen MR) is 111 cm³/mol. The molecule has 0 amide bonds. The second kappa shape index (κ2) is 8.82. The molecule has 0 bridgehead atoms. The van der Waals surface area contributed by atoms with Crippen LogP contribution < -0.4 is 15.8 Å². The number of hydrogen-bond acceptors (Lipinski definition) is 4. The van der Waals surface area contributed by atoms with E-state index in [1.54, 1.807) is 6.07 Å². The number of phenols is 1. The van der Waals surface area contributed by atoms with Crippen LogP contribution >= 0.6 is 0 Å². The first-order chi connectivity index (χ1) is 13.0. The van der Waals surface area contributed by atoms with Gasteiger partial charge in [-0.25, -0.2) is 0 Å². The Bertz CT molecular complexity index is 888. The first-order valence-electron chi connectivity index (χ1n) is 9.54. The number of phenolic OH excluding ortho intramolecular Hbond substituents is 1. The number of rotatable bonds is 9. The molecule has 3 rings (SSSR count). The number of aromatic nitrogens is 1. The Morgan fingerprint density at radius 3 is 2.85 bits per heavy atom. The highest BCUT2D eigenvalue weighted by Gasteiger charge is 2.07. The van der Waals surface area contributed by atoms with Crippen molar-refractivity contribution in [3.8, 4) is 11.5 Å². The molecule has 5 N–H and O–H groups in total. The summed E-state index contributed by atoms with van der Waals surface area (Å²) < 4.78 is 5.70. The van der Waals surface area contributed by atoms with Crippen LogP contribution in [-0.4, -0.2) is 29.3 Å². The van der Waals surface area contributed by atoms with Crippen LogP contribution in [0.4, 0.5) is 5.69 Å². The zero-order valence-electron chi connectivity index (χ0n) is 16.1. The van der Waals surface area contributed by atoms with Crippen LogP contribution in [0.3, 0.4) is 0 Å². The van der Waals surface area contributed by atoms with E-state index in [1.807, 2.05) is 37.3 Å². The predicted octanol–water partition coefficient (Wildman–Crippen LogP) is 4.14. The summed E-state index contributed by atoms with van der Waals surface area (Å²) in [5, 5.41) is 14.6. The third-order valence-corrected chi connectivity index (χ3v) is 4.76. The Labute approximate surface area is 160 Å². The van der Waals surface area contributed by atoms with Crippen LogP contribution in [0, 0.1) is 6.92 Å². The average molecular weight is 367 g/mol.